The second-order valence-corrected chi connectivity index (χ2v) is 6.95. The van der Waals surface area contributed by atoms with Crippen molar-refractivity contribution >= 4 is 33.4 Å². The van der Waals surface area contributed by atoms with Gasteiger partial charge >= 0.3 is 0 Å². The van der Waals surface area contributed by atoms with E-state index < -0.39 is 0 Å². The van der Waals surface area contributed by atoms with E-state index in [1.165, 1.54) is 19.4 Å². The molecule has 0 N–H and O–H groups in total. The molecule has 0 spiro atoms. The third kappa shape index (κ3) is 3.35. The van der Waals surface area contributed by atoms with Crippen molar-refractivity contribution in [1.29, 1.82) is 0 Å². The maximum atomic E-state index is 12.5. The SMILES string of the molecule is O=C(c1ccc(Cl)cc1Br)N1CCN(CC2CC2)CC1. The van der Waals surface area contributed by atoms with Gasteiger partial charge in [0.15, 0.2) is 0 Å². The number of benzene rings is 1. The summed E-state index contributed by atoms with van der Waals surface area (Å²) in [5.41, 5.74) is 0.699. The molecule has 1 amide bonds. The molecule has 1 aliphatic heterocycles. The van der Waals surface area contributed by atoms with Crippen LogP contribution in [0.3, 0.4) is 0 Å². The second kappa shape index (κ2) is 6.04. The first-order chi connectivity index (χ1) is 9.63. The zero-order valence-electron chi connectivity index (χ0n) is 11.3. The number of halogens is 2. The molecule has 1 aliphatic carbocycles. The van der Waals surface area contributed by atoms with Crippen molar-refractivity contribution < 1.29 is 4.79 Å². The molecule has 0 aromatic heterocycles. The summed E-state index contributed by atoms with van der Waals surface area (Å²) < 4.78 is 0.774. The number of hydrogen-bond donors (Lipinski definition) is 0. The predicted molar refractivity (Wildman–Crippen MR) is 84.2 cm³/mol. The standard InChI is InChI=1S/C15H18BrClN2O/c16-14-9-12(17)3-4-13(14)15(20)19-7-5-18(6-8-19)10-11-1-2-11/h3-4,9,11H,1-2,5-8,10H2. The molecule has 2 aliphatic rings. The Hall–Kier alpha value is -0.580. The lowest BCUT2D eigenvalue weighted by molar-refractivity contribution is 0.0631. The molecular formula is C15H18BrClN2O. The van der Waals surface area contributed by atoms with Crippen molar-refractivity contribution in [2.24, 2.45) is 5.92 Å². The van der Waals surface area contributed by atoms with Gasteiger partial charge in [-0.15, -0.1) is 0 Å². The molecule has 1 heterocycles. The lowest BCUT2D eigenvalue weighted by atomic mass is 10.2. The Morgan fingerprint density at radius 2 is 1.95 bits per heavy atom. The maximum Gasteiger partial charge on any atom is 0.255 e. The van der Waals surface area contributed by atoms with Gasteiger partial charge in [0.1, 0.15) is 0 Å². The Labute approximate surface area is 133 Å². The van der Waals surface area contributed by atoms with Crippen molar-refractivity contribution in [3.05, 3.63) is 33.3 Å². The summed E-state index contributed by atoms with van der Waals surface area (Å²) in [6.07, 6.45) is 2.77. The van der Waals surface area contributed by atoms with Gasteiger partial charge in [0, 0.05) is 42.2 Å². The average Bonchev–Trinajstić information content (AvgIpc) is 3.23. The molecule has 108 valence electrons. The number of nitrogens with zero attached hydrogens (tertiary/aromatic N) is 2. The van der Waals surface area contributed by atoms with Gasteiger partial charge in [-0.1, -0.05) is 11.6 Å². The Morgan fingerprint density at radius 3 is 2.55 bits per heavy atom. The summed E-state index contributed by atoms with van der Waals surface area (Å²) in [4.78, 5) is 16.9. The van der Waals surface area contributed by atoms with Crippen LogP contribution < -0.4 is 0 Å². The van der Waals surface area contributed by atoms with Crippen LogP contribution in [0.5, 0.6) is 0 Å². The van der Waals surface area contributed by atoms with Crippen molar-refractivity contribution in [2.75, 3.05) is 32.7 Å². The molecule has 3 rings (SSSR count). The molecular weight excluding hydrogens is 340 g/mol. The summed E-state index contributed by atoms with van der Waals surface area (Å²) in [5, 5.41) is 0.641. The first kappa shape index (κ1) is 14.4. The summed E-state index contributed by atoms with van der Waals surface area (Å²) in [6.45, 7) is 4.84. The summed E-state index contributed by atoms with van der Waals surface area (Å²) in [7, 11) is 0. The van der Waals surface area contributed by atoms with Crippen LogP contribution >= 0.6 is 27.5 Å². The van der Waals surface area contributed by atoms with Gasteiger partial charge in [0.25, 0.3) is 5.91 Å². The van der Waals surface area contributed by atoms with Crippen molar-refractivity contribution in [3.63, 3.8) is 0 Å². The van der Waals surface area contributed by atoms with E-state index >= 15 is 0 Å². The fraction of sp³-hybridized carbons (Fsp3) is 0.533. The van der Waals surface area contributed by atoms with Crippen molar-refractivity contribution in [1.82, 2.24) is 9.80 Å². The minimum absolute atomic E-state index is 0.0969. The minimum Gasteiger partial charge on any atom is -0.336 e. The normalized spacial score (nSPS) is 20.2. The molecule has 0 bridgehead atoms. The van der Waals surface area contributed by atoms with Gasteiger partial charge in [-0.25, -0.2) is 0 Å². The quantitative estimate of drug-likeness (QED) is 0.829. The van der Waals surface area contributed by atoms with E-state index in [0.29, 0.717) is 10.6 Å². The smallest absolute Gasteiger partial charge is 0.255 e. The summed E-state index contributed by atoms with van der Waals surface area (Å²) >= 11 is 9.34. The van der Waals surface area contributed by atoms with Gasteiger partial charge < -0.3 is 4.90 Å². The van der Waals surface area contributed by atoms with Gasteiger partial charge in [0.05, 0.1) is 5.56 Å². The molecule has 5 heteroatoms. The minimum atomic E-state index is 0.0969. The monoisotopic (exact) mass is 356 g/mol. The van der Waals surface area contributed by atoms with E-state index in [9.17, 15) is 4.79 Å². The maximum absolute atomic E-state index is 12.5. The number of carbonyl (C=O) groups is 1. The molecule has 3 nitrogen and oxygen atoms in total. The fourth-order valence-corrected chi connectivity index (χ4v) is 3.48. The summed E-state index contributed by atoms with van der Waals surface area (Å²) in [5.74, 6) is 1.02. The zero-order chi connectivity index (χ0) is 14.1. The predicted octanol–water partition coefficient (Wildman–Crippen LogP) is 3.27. The second-order valence-electron chi connectivity index (χ2n) is 5.66. The highest BCUT2D eigenvalue weighted by atomic mass is 79.9. The Morgan fingerprint density at radius 1 is 1.25 bits per heavy atom. The first-order valence-electron chi connectivity index (χ1n) is 7.10. The molecule has 20 heavy (non-hydrogen) atoms. The van der Waals surface area contributed by atoms with Gasteiger partial charge in [-0.3, -0.25) is 9.69 Å². The molecule has 0 unspecified atom stereocenters. The molecule has 1 aromatic rings. The van der Waals surface area contributed by atoms with Crippen LogP contribution in [0.25, 0.3) is 0 Å². The van der Waals surface area contributed by atoms with Gasteiger partial charge in [-0.2, -0.15) is 0 Å². The van der Waals surface area contributed by atoms with Crippen LogP contribution in [0.1, 0.15) is 23.2 Å². The molecule has 0 atom stereocenters. The van der Waals surface area contributed by atoms with Crippen molar-refractivity contribution in [2.45, 2.75) is 12.8 Å². The van der Waals surface area contributed by atoms with Crippen LogP contribution in [0.2, 0.25) is 5.02 Å². The Bertz CT molecular complexity index is 511. The number of hydrogen-bond acceptors (Lipinski definition) is 2. The van der Waals surface area contributed by atoms with Gasteiger partial charge in [0.2, 0.25) is 0 Å². The molecule has 1 saturated carbocycles. The first-order valence-corrected chi connectivity index (χ1v) is 8.27. The highest BCUT2D eigenvalue weighted by Gasteiger charge is 2.28. The number of amides is 1. The average molecular weight is 358 g/mol. The van der Waals surface area contributed by atoms with E-state index in [-0.39, 0.29) is 5.91 Å². The Balaban J connectivity index is 1.60. The molecule has 0 radical (unpaired) electrons. The third-order valence-electron chi connectivity index (χ3n) is 4.03. The highest BCUT2D eigenvalue weighted by Crippen LogP contribution is 2.30. The van der Waals surface area contributed by atoms with E-state index in [4.69, 9.17) is 11.6 Å². The summed E-state index contributed by atoms with van der Waals surface area (Å²) in [6, 6.07) is 5.34. The number of carbonyl (C=O) groups excluding carboxylic acids is 1. The van der Waals surface area contributed by atoms with Crippen LogP contribution in [-0.2, 0) is 0 Å². The zero-order valence-corrected chi connectivity index (χ0v) is 13.7. The molecule has 1 saturated heterocycles. The Kier molecular flexibility index (Phi) is 4.34. The van der Waals surface area contributed by atoms with E-state index in [1.54, 1.807) is 18.2 Å². The van der Waals surface area contributed by atoms with Gasteiger partial charge in [-0.05, 0) is 52.9 Å². The van der Waals surface area contributed by atoms with Crippen molar-refractivity contribution in [3.8, 4) is 0 Å². The van der Waals surface area contributed by atoms with Crippen LogP contribution in [0, 0.1) is 5.92 Å². The van der Waals surface area contributed by atoms with E-state index in [2.05, 4.69) is 20.8 Å². The number of rotatable bonds is 3. The highest BCUT2D eigenvalue weighted by molar-refractivity contribution is 9.10. The van der Waals surface area contributed by atoms with E-state index in [1.807, 2.05) is 4.90 Å². The topological polar surface area (TPSA) is 23.6 Å². The fourth-order valence-electron chi connectivity index (χ4n) is 2.63. The van der Waals surface area contributed by atoms with Crippen LogP contribution in [0.4, 0.5) is 0 Å². The number of piperazine rings is 1. The largest absolute Gasteiger partial charge is 0.336 e. The van der Waals surface area contributed by atoms with Crippen LogP contribution in [-0.4, -0.2) is 48.4 Å². The van der Waals surface area contributed by atoms with Crippen LogP contribution in [0.15, 0.2) is 22.7 Å². The van der Waals surface area contributed by atoms with E-state index in [0.717, 1.165) is 36.6 Å². The third-order valence-corrected chi connectivity index (χ3v) is 4.93. The molecule has 2 fully saturated rings. The lowest BCUT2D eigenvalue weighted by Crippen LogP contribution is -2.49. The lowest BCUT2D eigenvalue weighted by Gasteiger charge is -2.35. The molecule has 1 aromatic carbocycles.